The number of nitrogens with zero attached hydrogens (tertiary/aromatic N) is 2. The van der Waals surface area contributed by atoms with Crippen LogP contribution in [0.2, 0.25) is 0 Å². The van der Waals surface area contributed by atoms with Crippen LogP contribution in [0.25, 0.3) is 0 Å². The Bertz CT molecular complexity index is 654. The van der Waals surface area contributed by atoms with Crippen LogP contribution in [0, 0.1) is 0 Å². The molecular weight excluding hydrogens is 316 g/mol. The number of amides is 1. The van der Waals surface area contributed by atoms with Gasteiger partial charge in [0.1, 0.15) is 11.6 Å². The van der Waals surface area contributed by atoms with E-state index in [2.05, 4.69) is 20.5 Å². The van der Waals surface area contributed by atoms with Crippen LogP contribution in [0.3, 0.4) is 0 Å². The van der Waals surface area contributed by atoms with Gasteiger partial charge in [0.05, 0.1) is 12.2 Å². The Morgan fingerprint density at radius 2 is 1.92 bits per heavy atom. The maximum Gasteiger partial charge on any atom is 0.252 e. The molecule has 6 nitrogen and oxygen atoms in total. The predicted octanol–water partition coefficient (Wildman–Crippen LogP) is 2.91. The molecular formula is C19H26N4O2. The molecule has 2 aromatic rings. The molecule has 0 unspecified atom stereocenters. The second kappa shape index (κ2) is 9.64. The van der Waals surface area contributed by atoms with E-state index in [9.17, 15) is 4.79 Å². The Morgan fingerprint density at radius 3 is 2.52 bits per heavy atom. The van der Waals surface area contributed by atoms with Gasteiger partial charge in [0.25, 0.3) is 5.91 Å². The monoisotopic (exact) mass is 342 g/mol. The van der Waals surface area contributed by atoms with Crippen LogP contribution in [0.1, 0.15) is 23.7 Å². The van der Waals surface area contributed by atoms with Gasteiger partial charge >= 0.3 is 0 Å². The van der Waals surface area contributed by atoms with Crippen molar-refractivity contribution >= 4 is 17.4 Å². The van der Waals surface area contributed by atoms with Gasteiger partial charge in [0, 0.05) is 18.4 Å². The first kappa shape index (κ1) is 18.7. The molecule has 1 amide bonds. The van der Waals surface area contributed by atoms with E-state index in [0.717, 1.165) is 24.4 Å². The van der Waals surface area contributed by atoms with E-state index in [1.165, 1.54) is 0 Å². The molecule has 1 heterocycles. The number of benzene rings is 1. The summed E-state index contributed by atoms with van der Waals surface area (Å²) in [5.74, 6) is 1.43. The van der Waals surface area contributed by atoms with Crippen molar-refractivity contribution in [1.82, 2.24) is 15.2 Å². The summed E-state index contributed by atoms with van der Waals surface area (Å²) >= 11 is 0. The lowest BCUT2D eigenvalue weighted by atomic mass is 10.2. The van der Waals surface area contributed by atoms with E-state index in [1.807, 2.05) is 45.3 Å². The summed E-state index contributed by atoms with van der Waals surface area (Å²) in [7, 11) is 4.03. The third-order valence-electron chi connectivity index (χ3n) is 3.53. The lowest BCUT2D eigenvalue weighted by Crippen LogP contribution is -2.27. The lowest BCUT2D eigenvalue weighted by Gasteiger charge is -2.10. The Labute approximate surface area is 149 Å². The van der Waals surface area contributed by atoms with E-state index in [0.29, 0.717) is 24.5 Å². The molecule has 2 N–H and O–H groups in total. The highest BCUT2D eigenvalue weighted by Gasteiger charge is 2.06. The maximum absolute atomic E-state index is 12.1. The highest BCUT2D eigenvalue weighted by molar-refractivity contribution is 5.94. The Morgan fingerprint density at radius 1 is 1.16 bits per heavy atom. The van der Waals surface area contributed by atoms with Crippen LogP contribution >= 0.6 is 0 Å². The van der Waals surface area contributed by atoms with Gasteiger partial charge in [-0.25, -0.2) is 4.98 Å². The molecule has 0 aliphatic heterocycles. The van der Waals surface area contributed by atoms with Gasteiger partial charge in [-0.1, -0.05) is 0 Å². The SMILES string of the molecule is CCOc1ccc(Nc2ccc(C(=O)NCCCN(C)C)cn2)cc1. The van der Waals surface area contributed by atoms with Crippen LogP contribution in [-0.4, -0.2) is 49.6 Å². The summed E-state index contributed by atoms with van der Waals surface area (Å²) in [6.07, 6.45) is 2.50. The number of hydrogen-bond acceptors (Lipinski definition) is 5. The van der Waals surface area contributed by atoms with Crippen molar-refractivity contribution in [1.29, 1.82) is 0 Å². The fraction of sp³-hybridized carbons (Fsp3) is 0.368. The van der Waals surface area contributed by atoms with Crippen molar-refractivity contribution in [3.8, 4) is 5.75 Å². The van der Waals surface area contributed by atoms with Crippen molar-refractivity contribution in [2.45, 2.75) is 13.3 Å². The number of hydrogen-bond donors (Lipinski definition) is 2. The third-order valence-corrected chi connectivity index (χ3v) is 3.53. The lowest BCUT2D eigenvalue weighted by molar-refractivity contribution is 0.0952. The molecule has 0 aliphatic carbocycles. The molecule has 0 radical (unpaired) electrons. The highest BCUT2D eigenvalue weighted by Crippen LogP contribution is 2.19. The summed E-state index contributed by atoms with van der Waals surface area (Å²) in [5.41, 5.74) is 1.47. The van der Waals surface area contributed by atoms with E-state index < -0.39 is 0 Å². The molecule has 0 bridgehead atoms. The van der Waals surface area contributed by atoms with E-state index >= 15 is 0 Å². The molecule has 0 fully saturated rings. The predicted molar refractivity (Wildman–Crippen MR) is 101 cm³/mol. The molecule has 0 saturated carbocycles. The van der Waals surface area contributed by atoms with Gasteiger partial charge in [-0.05, 0) is 70.4 Å². The Balaban J connectivity index is 1.85. The number of rotatable bonds is 9. The first-order valence-electron chi connectivity index (χ1n) is 8.47. The van der Waals surface area contributed by atoms with Crippen LogP contribution in [0.5, 0.6) is 5.75 Å². The number of carbonyl (C=O) groups is 1. The first-order chi connectivity index (χ1) is 12.1. The van der Waals surface area contributed by atoms with Gasteiger partial charge < -0.3 is 20.3 Å². The first-order valence-corrected chi connectivity index (χ1v) is 8.47. The Kier molecular flexibility index (Phi) is 7.22. The van der Waals surface area contributed by atoms with Crippen LogP contribution < -0.4 is 15.4 Å². The molecule has 0 atom stereocenters. The van der Waals surface area contributed by atoms with Crippen LogP contribution in [0.15, 0.2) is 42.6 Å². The van der Waals surface area contributed by atoms with Crippen LogP contribution in [-0.2, 0) is 0 Å². The minimum absolute atomic E-state index is 0.0983. The van der Waals surface area contributed by atoms with Gasteiger partial charge in [0.15, 0.2) is 0 Å². The van der Waals surface area contributed by atoms with E-state index in [4.69, 9.17) is 4.74 Å². The van der Waals surface area contributed by atoms with Crippen molar-refractivity contribution < 1.29 is 9.53 Å². The highest BCUT2D eigenvalue weighted by atomic mass is 16.5. The summed E-state index contributed by atoms with van der Waals surface area (Å²) in [6.45, 7) is 4.20. The number of anilines is 2. The second-order valence-electron chi connectivity index (χ2n) is 5.93. The standard InChI is InChI=1S/C19H26N4O2/c1-4-25-17-9-7-16(8-10-17)22-18-11-6-15(14-21-18)19(24)20-12-5-13-23(2)3/h6-11,14H,4-5,12-13H2,1-3H3,(H,20,24)(H,21,22). The van der Waals surface area contributed by atoms with Gasteiger partial charge in [-0.2, -0.15) is 0 Å². The number of carbonyl (C=O) groups excluding carboxylic acids is 1. The topological polar surface area (TPSA) is 66.5 Å². The molecule has 2 rings (SSSR count). The summed E-state index contributed by atoms with van der Waals surface area (Å²) in [4.78, 5) is 18.5. The molecule has 6 heteroatoms. The zero-order chi connectivity index (χ0) is 18.1. The fourth-order valence-corrected chi connectivity index (χ4v) is 2.25. The minimum Gasteiger partial charge on any atom is -0.494 e. The molecule has 134 valence electrons. The van der Waals surface area contributed by atoms with Crippen molar-refractivity contribution in [3.63, 3.8) is 0 Å². The molecule has 25 heavy (non-hydrogen) atoms. The summed E-state index contributed by atoms with van der Waals surface area (Å²) in [5, 5.41) is 6.10. The summed E-state index contributed by atoms with van der Waals surface area (Å²) in [6, 6.07) is 11.2. The number of nitrogens with one attached hydrogen (secondary N) is 2. The maximum atomic E-state index is 12.1. The smallest absolute Gasteiger partial charge is 0.252 e. The average molecular weight is 342 g/mol. The third kappa shape index (κ3) is 6.43. The van der Waals surface area contributed by atoms with Crippen molar-refractivity contribution in [2.24, 2.45) is 0 Å². The number of ether oxygens (including phenoxy) is 1. The fourth-order valence-electron chi connectivity index (χ4n) is 2.25. The minimum atomic E-state index is -0.0983. The second-order valence-corrected chi connectivity index (χ2v) is 5.93. The zero-order valence-corrected chi connectivity index (χ0v) is 15.1. The molecule has 0 aliphatic rings. The molecule has 0 saturated heterocycles. The number of pyridine rings is 1. The van der Waals surface area contributed by atoms with E-state index in [-0.39, 0.29) is 5.91 Å². The van der Waals surface area contributed by atoms with Crippen LogP contribution in [0.4, 0.5) is 11.5 Å². The quantitative estimate of drug-likeness (QED) is 0.686. The normalized spacial score (nSPS) is 10.6. The Hall–Kier alpha value is -2.60. The molecule has 0 spiro atoms. The van der Waals surface area contributed by atoms with Gasteiger partial charge in [-0.3, -0.25) is 4.79 Å². The average Bonchev–Trinajstić information content (AvgIpc) is 2.61. The van der Waals surface area contributed by atoms with Crippen molar-refractivity contribution in [2.75, 3.05) is 39.1 Å². The van der Waals surface area contributed by atoms with Gasteiger partial charge in [0.2, 0.25) is 0 Å². The summed E-state index contributed by atoms with van der Waals surface area (Å²) < 4.78 is 5.42. The van der Waals surface area contributed by atoms with Gasteiger partial charge in [-0.15, -0.1) is 0 Å². The number of aromatic nitrogens is 1. The largest absolute Gasteiger partial charge is 0.494 e. The van der Waals surface area contributed by atoms with Crippen molar-refractivity contribution in [3.05, 3.63) is 48.2 Å². The molecule has 1 aromatic carbocycles. The molecule has 1 aromatic heterocycles. The zero-order valence-electron chi connectivity index (χ0n) is 15.1. The van der Waals surface area contributed by atoms with E-state index in [1.54, 1.807) is 18.3 Å².